The zero-order valence-corrected chi connectivity index (χ0v) is 11.2. The second-order valence-electron chi connectivity index (χ2n) is 3.80. The van der Waals surface area contributed by atoms with Gasteiger partial charge in [-0.2, -0.15) is 0 Å². The van der Waals surface area contributed by atoms with E-state index in [0.717, 1.165) is 5.69 Å². The minimum absolute atomic E-state index is 0.0581. The molecule has 0 aliphatic carbocycles. The van der Waals surface area contributed by atoms with Crippen molar-refractivity contribution in [3.63, 3.8) is 0 Å². The third kappa shape index (κ3) is 3.80. The van der Waals surface area contributed by atoms with Crippen LogP contribution in [0.15, 0.2) is 35.2 Å². The standard InChI is InChI=1S/C11H13N3O2S2/c12-10-3-1-9(2-4-10)7-18(15,16)14-5-11-6-17-8-13-11/h1-4,6,8,14H,5,7,12H2. The summed E-state index contributed by atoms with van der Waals surface area (Å²) in [6.45, 7) is 0.223. The maximum absolute atomic E-state index is 11.8. The summed E-state index contributed by atoms with van der Waals surface area (Å²) in [5, 5.41) is 1.81. The highest BCUT2D eigenvalue weighted by Crippen LogP contribution is 2.09. The van der Waals surface area contributed by atoms with Crippen LogP contribution < -0.4 is 10.5 Å². The number of nitrogen functional groups attached to an aromatic ring is 1. The second-order valence-corrected chi connectivity index (χ2v) is 6.33. The molecule has 0 unspecified atom stereocenters. The predicted molar refractivity (Wildman–Crippen MR) is 72.4 cm³/mol. The molecule has 3 N–H and O–H groups in total. The maximum Gasteiger partial charge on any atom is 0.216 e. The molecule has 0 spiro atoms. The van der Waals surface area contributed by atoms with Crippen molar-refractivity contribution >= 4 is 27.0 Å². The van der Waals surface area contributed by atoms with E-state index in [9.17, 15) is 8.42 Å². The summed E-state index contributed by atoms with van der Waals surface area (Å²) >= 11 is 1.44. The Kier molecular flexibility index (Phi) is 3.95. The van der Waals surface area contributed by atoms with E-state index in [-0.39, 0.29) is 12.3 Å². The first-order valence-electron chi connectivity index (χ1n) is 5.24. The lowest BCUT2D eigenvalue weighted by Gasteiger charge is -2.05. The molecule has 7 heteroatoms. The van der Waals surface area contributed by atoms with Crippen molar-refractivity contribution in [3.05, 3.63) is 46.4 Å². The second kappa shape index (κ2) is 5.47. The lowest BCUT2D eigenvalue weighted by molar-refractivity contribution is 0.579. The normalized spacial score (nSPS) is 11.6. The van der Waals surface area contributed by atoms with Crippen LogP contribution in [-0.2, 0) is 22.3 Å². The number of aromatic nitrogens is 1. The first-order valence-corrected chi connectivity index (χ1v) is 7.83. The SMILES string of the molecule is Nc1ccc(CS(=O)(=O)NCc2cscn2)cc1. The van der Waals surface area contributed by atoms with Gasteiger partial charge in [0.2, 0.25) is 10.0 Å². The van der Waals surface area contributed by atoms with Gasteiger partial charge in [0.25, 0.3) is 0 Å². The van der Waals surface area contributed by atoms with E-state index in [4.69, 9.17) is 5.73 Å². The largest absolute Gasteiger partial charge is 0.399 e. The van der Waals surface area contributed by atoms with E-state index in [1.807, 2.05) is 5.38 Å². The fourth-order valence-corrected chi connectivity index (χ4v) is 3.05. The summed E-state index contributed by atoms with van der Waals surface area (Å²) in [6.07, 6.45) is 0. The Balaban J connectivity index is 1.97. The summed E-state index contributed by atoms with van der Waals surface area (Å²) in [7, 11) is -3.35. The quantitative estimate of drug-likeness (QED) is 0.811. The van der Waals surface area contributed by atoms with E-state index in [0.29, 0.717) is 11.3 Å². The maximum atomic E-state index is 11.8. The number of rotatable bonds is 5. The molecule has 18 heavy (non-hydrogen) atoms. The fraction of sp³-hybridized carbons (Fsp3) is 0.182. The van der Waals surface area contributed by atoms with Crippen molar-refractivity contribution < 1.29 is 8.42 Å². The van der Waals surface area contributed by atoms with E-state index in [1.165, 1.54) is 11.3 Å². The molecule has 1 aromatic carbocycles. The smallest absolute Gasteiger partial charge is 0.216 e. The fourth-order valence-electron chi connectivity index (χ4n) is 1.39. The van der Waals surface area contributed by atoms with Crippen LogP contribution >= 0.6 is 11.3 Å². The van der Waals surface area contributed by atoms with E-state index in [1.54, 1.807) is 29.8 Å². The Morgan fingerprint density at radius 1 is 1.28 bits per heavy atom. The number of hydrogen-bond acceptors (Lipinski definition) is 5. The first-order chi connectivity index (χ1) is 8.55. The number of nitrogens with one attached hydrogen (secondary N) is 1. The van der Waals surface area contributed by atoms with Gasteiger partial charge in [0.05, 0.1) is 23.5 Å². The van der Waals surface area contributed by atoms with Crippen LogP contribution in [0.25, 0.3) is 0 Å². The van der Waals surface area contributed by atoms with E-state index < -0.39 is 10.0 Å². The van der Waals surface area contributed by atoms with Crippen LogP contribution in [0, 0.1) is 0 Å². The van der Waals surface area contributed by atoms with Crippen LogP contribution in [0.5, 0.6) is 0 Å². The molecule has 0 bridgehead atoms. The average Bonchev–Trinajstić information content (AvgIpc) is 2.83. The van der Waals surface area contributed by atoms with Gasteiger partial charge in [-0.3, -0.25) is 0 Å². The van der Waals surface area contributed by atoms with E-state index in [2.05, 4.69) is 9.71 Å². The third-order valence-electron chi connectivity index (χ3n) is 2.29. The van der Waals surface area contributed by atoms with Gasteiger partial charge in [-0.05, 0) is 17.7 Å². The molecule has 1 aromatic heterocycles. The Morgan fingerprint density at radius 3 is 2.61 bits per heavy atom. The lowest BCUT2D eigenvalue weighted by atomic mass is 10.2. The third-order valence-corrected chi connectivity index (χ3v) is 4.23. The minimum atomic E-state index is -3.35. The molecular weight excluding hydrogens is 270 g/mol. The number of thiazole rings is 1. The molecule has 1 heterocycles. The molecule has 2 aromatic rings. The van der Waals surface area contributed by atoms with Crippen molar-refractivity contribution in [2.24, 2.45) is 0 Å². The number of nitrogens with two attached hydrogens (primary N) is 1. The van der Waals surface area contributed by atoms with Gasteiger partial charge in [-0.15, -0.1) is 11.3 Å². The minimum Gasteiger partial charge on any atom is -0.399 e. The molecule has 5 nitrogen and oxygen atoms in total. The molecule has 0 atom stereocenters. The summed E-state index contributed by atoms with van der Waals surface area (Å²) < 4.78 is 26.1. The van der Waals surface area contributed by atoms with Crippen LogP contribution in [0.3, 0.4) is 0 Å². The van der Waals surface area contributed by atoms with Gasteiger partial charge in [-0.25, -0.2) is 18.1 Å². The summed E-state index contributed by atoms with van der Waals surface area (Å²) in [5.74, 6) is -0.0581. The number of anilines is 1. The Labute approximate surface area is 110 Å². The molecule has 0 aliphatic heterocycles. The number of nitrogens with zero attached hydrogens (tertiary/aromatic N) is 1. The zero-order chi connectivity index (χ0) is 13.0. The topological polar surface area (TPSA) is 85.1 Å². The van der Waals surface area contributed by atoms with Crippen LogP contribution in [-0.4, -0.2) is 13.4 Å². The highest BCUT2D eigenvalue weighted by atomic mass is 32.2. The van der Waals surface area contributed by atoms with Crippen molar-refractivity contribution in [1.29, 1.82) is 0 Å². The van der Waals surface area contributed by atoms with Gasteiger partial charge < -0.3 is 5.73 Å². The van der Waals surface area contributed by atoms with Crippen LogP contribution in [0.4, 0.5) is 5.69 Å². The Morgan fingerprint density at radius 2 is 2.00 bits per heavy atom. The number of sulfonamides is 1. The Hall–Kier alpha value is -1.44. The molecule has 2 rings (SSSR count). The van der Waals surface area contributed by atoms with E-state index >= 15 is 0 Å². The zero-order valence-electron chi connectivity index (χ0n) is 9.54. The van der Waals surface area contributed by atoms with Crippen molar-refractivity contribution in [3.8, 4) is 0 Å². The van der Waals surface area contributed by atoms with Gasteiger partial charge in [-0.1, -0.05) is 12.1 Å². The van der Waals surface area contributed by atoms with Gasteiger partial charge in [0, 0.05) is 11.1 Å². The van der Waals surface area contributed by atoms with Crippen molar-refractivity contribution in [2.75, 3.05) is 5.73 Å². The van der Waals surface area contributed by atoms with Crippen LogP contribution in [0.1, 0.15) is 11.3 Å². The summed E-state index contributed by atoms with van der Waals surface area (Å²) in [5.41, 5.74) is 9.26. The average molecular weight is 283 g/mol. The highest BCUT2D eigenvalue weighted by Gasteiger charge is 2.11. The number of hydrogen-bond donors (Lipinski definition) is 2. The molecular formula is C11H13N3O2S2. The van der Waals surface area contributed by atoms with Crippen molar-refractivity contribution in [1.82, 2.24) is 9.71 Å². The monoisotopic (exact) mass is 283 g/mol. The molecule has 0 saturated carbocycles. The number of benzene rings is 1. The molecule has 0 radical (unpaired) electrons. The molecule has 0 fully saturated rings. The molecule has 0 saturated heterocycles. The van der Waals surface area contributed by atoms with Gasteiger partial charge >= 0.3 is 0 Å². The van der Waals surface area contributed by atoms with Gasteiger partial charge in [0.1, 0.15) is 0 Å². The molecule has 0 aliphatic rings. The Bertz CT molecular complexity index is 592. The summed E-state index contributed by atoms with van der Waals surface area (Å²) in [4.78, 5) is 4.01. The van der Waals surface area contributed by atoms with Crippen molar-refractivity contribution in [2.45, 2.75) is 12.3 Å². The van der Waals surface area contributed by atoms with Crippen LogP contribution in [0.2, 0.25) is 0 Å². The van der Waals surface area contributed by atoms with Gasteiger partial charge in [0.15, 0.2) is 0 Å². The molecule has 96 valence electrons. The first kappa shape index (κ1) is 13.0. The highest BCUT2D eigenvalue weighted by molar-refractivity contribution is 7.88. The summed E-state index contributed by atoms with van der Waals surface area (Å²) in [6, 6.07) is 6.78. The molecule has 0 amide bonds. The lowest BCUT2D eigenvalue weighted by Crippen LogP contribution is -2.24. The predicted octanol–water partition coefficient (Wildman–Crippen LogP) is 1.34.